The summed E-state index contributed by atoms with van der Waals surface area (Å²) >= 11 is 5.41. The van der Waals surface area contributed by atoms with Gasteiger partial charge in [0.1, 0.15) is 0 Å². The van der Waals surface area contributed by atoms with Gasteiger partial charge in [0.2, 0.25) is 5.13 Å². The highest BCUT2D eigenvalue weighted by Crippen LogP contribution is 2.27. The molecule has 0 atom stereocenters. The highest BCUT2D eigenvalue weighted by atomic mass is 32.2. The van der Waals surface area contributed by atoms with Gasteiger partial charge in [0, 0.05) is 31.4 Å². The maximum absolute atomic E-state index is 4.17. The lowest BCUT2D eigenvalue weighted by atomic mass is 10.2. The van der Waals surface area contributed by atoms with Crippen LogP contribution in [0.15, 0.2) is 34.7 Å². The van der Waals surface area contributed by atoms with Crippen molar-refractivity contribution in [2.45, 2.75) is 10.1 Å². The second-order valence-electron chi connectivity index (χ2n) is 4.13. The molecule has 0 spiro atoms. The average molecular weight is 312 g/mol. The van der Waals surface area contributed by atoms with E-state index < -0.39 is 0 Å². The molecule has 6 heteroatoms. The minimum atomic E-state index is 0.972. The molecule has 0 radical (unpaired) electrons. The topological polar surface area (TPSA) is 29.0 Å². The zero-order valence-corrected chi connectivity index (χ0v) is 13.5. The molecule has 2 rings (SSSR count). The summed E-state index contributed by atoms with van der Waals surface area (Å²) in [6.07, 6.45) is 0. The molecule has 1 aromatic carbocycles. The number of aromatic nitrogens is 2. The van der Waals surface area contributed by atoms with E-state index in [1.165, 1.54) is 5.56 Å². The number of thioether (sulfide) groups is 2. The lowest BCUT2D eigenvalue weighted by Gasteiger charge is -2.03. The molecule has 1 heterocycles. The van der Waals surface area contributed by atoms with Gasteiger partial charge in [0.25, 0.3) is 0 Å². The molecule has 102 valence electrons. The average Bonchev–Trinajstić information content (AvgIpc) is 2.89. The van der Waals surface area contributed by atoms with Crippen molar-refractivity contribution in [3.63, 3.8) is 0 Å². The molecular weight excluding hydrogens is 294 g/mol. The van der Waals surface area contributed by atoms with Crippen LogP contribution in [0.1, 0.15) is 5.56 Å². The number of benzene rings is 1. The molecule has 0 unspecified atom stereocenters. The number of hydrogen-bond acceptors (Lipinski definition) is 6. The first kappa shape index (κ1) is 14.7. The number of nitrogens with zero attached hydrogens (tertiary/aromatic N) is 3. The zero-order valence-electron chi connectivity index (χ0n) is 11.1. The van der Waals surface area contributed by atoms with Crippen LogP contribution in [0.5, 0.6) is 0 Å². The molecule has 0 aliphatic heterocycles. The molecule has 0 bridgehead atoms. The van der Waals surface area contributed by atoms with Crippen LogP contribution >= 0.6 is 34.9 Å². The van der Waals surface area contributed by atoms with Crippen LogP contribution in [-0.4, -0.2) is 35.8 Å². The summed E-state index contributed by atoms with van der Waals surface area (Å²) in [5.74, 6) is 3.30. The Kier molecular flexibility index (Phi) is 6.00. The number of hydrogen-bond donors (Lipinski definition) is 0. The minimum Gasteiger partial charge on any atom is -0.353 e. The van der Waals surface area contributed by atoms with Crippen LogP contribution in [-0.2, 0) is 5.75 Å². The van der Waals surface area contributed by atoms with E-state index in [4.69, 9.17) is 0 Å². The van der Waals surface area contributed by atoms with Crippen LogP contribution in [0, 0.1) is 0 Å². The van der Waals surface area contributed by atoms with Crippen molar-refractivity contribution >= 4 is 40.0 Å². The van der Waals surface area contributed by atoms with Gasteiger partial charge in [-0.15, -0.1) is 10.2 Å². The molecule has 0 amide bonds. The Morgan fingerprint density at radius 3 is 2.58 bits per heavy atom. The lowest BCUT2D eigenvalue weighted by molar-refractivity contribution is 0.973. The molecule has 1 aromatic heterocycles. The fourth-order valence-corrected chi connectivity index (χ4v) is 4.26. The van der Waals surface area contributed by atoms with Gasteiger partial charge in [-0.05, 0) is 5.56 Å². The lowest BCUT2D eigenvalue weighted by Crippen LogP contribution is -2.07. The van der Waals surface area contributed by atoms with E-state index in [0.717, 1.165) is 26.7 Å². The Bertz CT molecular complexity index is 485. The van der Waals surface area contributed by atoms with E-state index in [-0.39, 0.29) is 0 Å². The highest BCUT2D eigenvalue weighted by molar-refractivity contribution is 8.03. The van der Waals surface area contributed by atoms with Gasteiger partial charge in [0.15, 0.2) is 4.34 Å². The van der Waals surface area contributed by atoms with Gasteiger partial charge < -0.3 is 4.90 Å². The summed E-state index contributed by atoms with van der Waals surface area (Å²) in [6.45, 7) is 0. The van der Waals surface area contributed by atoms with E-state index in [2.05, 4.69) is 40.5 Å². The standard InChI is InChI=1S/C13H17N3S3/c1-16(2)12-14-15-13(19-12)18-9-8-17-10-11-6-4-3-5-7-11/h3-7H,8-10H2,1-2H3. The zero-order chi connectivity index (χ0) is 13.5. The van der Waals surface area contributed by atoms with Crippen molar-refractivity contribution in [1.29, 1.82) is 0 Å². The van der Waals surface area contributed by atoms with Gasteiger partial charge >= 0.3 is 0 Å². The van der Waals surface area contributed by atoms with Gasteiger partial charge in [-0.3, -0.25) is 0 Å². The molecule has 0 aliphatic carbocycles. The number of rotatable bonds is 7. The first-order chi connectivity index (χ1) is 9.25. The molecule has 0 fully saturated rings. The minimum absolute atomic E-state index is 0.972. The molecule has 0 saturated carbocycles. The van der Waals surface area contributed by atoms with Crippen molar-refractivity contribution in [2.75, 3.05) is 30.5 Å². The summed E-state index contributed by atoms with van der Waals surface area (Å²) in [6, 6.07) is 10.6. The third kappa shape index (κ3) is 5.04. The third-order valence-corrected chi connectivity index (χ3v) is 5.86. The van der Waals surface area contributed by atoms with Gasteiger partial charge in [-0.2, -0.15) is 11.8 Å². The fraction of sp³-hybridized carbons (Fsp3) is 0.385. The second kappa shape index (κ2) is 7.77. The summed E-state index contributed by atoms with van der Waals surface area (Å²) in [4.78, 5) is 1.99. The summed E-state index contributed by atoms with van der Waals surface area (Å²) in [5.41, 5.74) is 1.39. The Balaban J connectivity index is 1.64. The Hall–Kier alpha value is -0.720. The van der Waals surface area contributed by atoms with Crippen LogP contribution in [0.3, 0.4) is 0 Å². The van der Waals surface area contributed by atoms with E-state index >= 15 is 0 Å². The quantitative estimate of drug-likeness (QED) is 0.575. The second-order valence-corrected chi connectivity index (χ2v) is 7.53. The summed E-state index contributed by atoms with van der Waals surface area (Å²) in [5, 5.41) is 9.27. The van der Waals surface area contributed by atoms with Crippen molar-refractivity contribution in [2.24, 2.45) is 0 Å². The van der Waals surface area contributed by atoms with Crippen molar-refractivity contribution < 1.29 is 0 Å². The van der Waals surface area contributed by atoms with E-state index in [9.17, 15) is 0 Å². The fourth-order valence-electron chi connectivity index (χ4n) is 1.39. The van der Waals surface area contributed by atoms with Crippen molar-refractivity contribution in [3.8, 4) is 0 Å². The molecule has 2 aromatic rings. The first-order valence-corrected chi connectivity index (χ1v) is 8.96. The molecular formula is C13H17N3S3. The van der Waals surface area contributed by atoms with Crippen LogP contribution in [0.25, 0.3) is 0 Å². The highest BCUT2D eigenvalue weighted by Gasteiger charge is 2.05. The Morgan fingerprint density at radius 2 is 1.89 bits per heavy atom. The SMILES string of the molecule is CN(C)c1nnc(SCCSCc2ccccc2)s1. The normalized spacial score (nSPS) is 10.6. The van der Waals surface area contributed by atoms with Gasteiger partial charge in [0.05, 0.1) is 0 Å². The molecule has 19 heavy (non-hydrogen) atoms. The third-order valence-electron chi connectivity index (χ3n) is 2.34. The smallest absolute Gasteiger partial charge is 0.208 e. The van der Waals surface area contributed by atoms with E-state index in [1.54, 1.807) is 23.1 Å². The predicted octanol–water partition coefficient (Wildman–Crippen LogP) is 3.63. The van der Waals surface area contributed by atoms with E-state index in [0.29, 0.717) is 0 Å². The van der Waals surface area contributed by atoms with Gasteiger partial charge in [-0.25, -0.2) is 0 Å². The van der Waals surface area contributed by atoms with Crippen molar-refractivity contribution in [3.05, 3.63) is 35.9 Å². The van der Waals surface area contributed by atoms with Crippen LogP contribution in [0.4, 0.5) is 5.13 Å². The Labute approximate surface area is 126 Å². The van der Waals surface area contributed by atoms with Crippen LogP contribution < -0.4 is 4.90 Å². The van der Waals surface area contributed by atoms with Crippen LogP contribution in [0.2, 0.25) is 0 Å². The Morgan fingerprint density at radius 1 is 1.11 bits per heavy atom. The maximum Gasteiger partial charge on any atom is 0.208 e. The molecule has 0 N–H and O–H groups in total. The van der Waals surface area contributed by atoms with Gasteiger partial charge in [-0.1, -0.05) is 53.4 Å². The monoisotopic (exact) mass is 311 g/mol. The van der Waals surface area contributed by atoms with Crippen molar-refractivity contribution in [1.82, 2.24) is 10.2 Å². The first-order valence-electron chi connectivity index (χ1n) is 6.01. The molecule has 0 aliphatic rings. The summed E-state index contributed by atoms with van der Waals surface area (Å²) < 4.78 is 1.06. The van der Waals surface area contributed by atoms with E-state index in [1.807, 2.05) is 30.8 Å². The largest absolute Gasteiger partial charge is 0.353 e. The maximum atomic E-state index is 4.17. The molecule has 3 nitrogen and oxygen atoms in total. The number of anilines is 1. The molecule has 0 saturated heterocycles. The summed E-state index contributed by atoms with van der Waals surface area (Å²) in [7, 11) is 3.98. The predicted molar refractivity (Wildman–Crippen MR) is 87.6 cm³/mol.